The maximum absolute atomic E-state index is 11.9. The predicted molar refractivity (Wildman–Crippen MR) is 111 cm³/mol. The average molecular weight is 423 g/mol. The Morgan fingerprint density at radius 3 is 2.59 bits per heavy atom. The third-order valence-corrected chi connectivity index (χ3v) is 7.37. The van der Waals surface area contributed by atoms with Crippen LogP contribution in [0.2, 0.25) is 5.02 Å². The van der Waals surface area contributed by atoms with Gasteiger partial charge in [0.1, 0.15) is 12.1 Å². The Balaban J connectivity index is 1.67. The molecule has 0 amide bonds. The largest absolute Gasteiger partial charge is 0.354 e. The molecule has 27 heavy (non-hydrogen) atoms. The van der Waals surface area contributed by atoms with E-state index in [1.54, 1.807) is 22.0 Å². The van der Waals surface area contributed by atoms with Crippen molar-refractivity contribution >= 4 is 49.0 Å². The van der Waals surface area contributed by atoms with Crippen LogP contribution in [0.3, 0.4) is 0 Å². The lowest BCUT2D eigenvalue weighted by Gasteiger charge is -2.22. The summed E-state index contributed by atoms with van der Waals surface area (Å²) in [5.74, 6) is 0.876. The first-order chi connectivity index (χ1) is 12.9. The zero-order valence-corrected chi connectivity index (χ0v) is 17.2. The van der Waals surface area contributed by atoms with E-state index < -0.39 is 10.0 Å². The molecule has 0 saturated carbocycles. The van der Waals surface area contributed by atoms with Crippen molar-refractivity contribution in [1.29, 1.82) is 0 Å². The van der Waals surface area contributed by atoms with E-state index in [9.17, 15) is 8.42 Å². The number of hydrogen-bond acceptors (Lipinski definition) is 6. The molecule has 1 aromatic carbocycles. The van der Waals surface area contributed by atoms with Gasteiger partial charge in [-0.15, -0.1) is 11.3 Å². The molecule has 1 aliphatic heterocycles. The Labute approximate surface area is 167 Å². The van der Waals surface area contributed by atoms with Crippen molar-refractivity contribution in [2.75, 3.05) is 37.3 Å². The van der Waals surface area contributed by atoms with Crippen molar-refractivity contribution in [3.8, 4) is 10.4 Å². The summed E-state index contributed by atoms with van der Waals surface area (Å²) in [6.45, 7) is 2.41. The first-order valence-corrected chi connectivity index (χ1v) is 11.7. The summed E-state index contributed by atoms with van der Waals surface area (Å²) in [5, 5.41) is 0.709. The number of anilines is 1. The van der Waals surface area contributed by atoms with Gasteiger partial charge < -0.3 is 4.90 Å². The maximum atomic E-state index is 11.9. The fraction of sp³-hybridized carbons (Fsp3) is 0.333. The molecule has 0 spiro atoms. The summed E-state index contributed by atoms with van der Waals surface area (Å²) in [6.07, 6.45) is 3.62. The van der Waals surface area contributed by atoms with Crippen LogP contribution in [0.1, 0.15) is 6.42 Å². The van der Waals surface area contributed by atoms with Gasteiger partial charge in [-0.05, 0) is 30.2 Å². The van der Waals surface area contributed by atoms with Gasteiger partial charge >= 0.3 is 0 Å². The summed E-state index contributed by atoms with van der Waals surface area (Å²) in [4.78, 5) is 12.2. The molecule has 1 fully saturated rings. The molecule has 3 heterocycles. The molecule has 1 saturated heterocycles. The third-order valence-electron chi connectivity index (χ3n) is 4.64. The van der Waals surface area contributed by atoms with Gasteiger partial charge in [0.15, 0.2) is 0 Å². The number of nitrogens with zero attached hydrogens (tertiary/aromatic N) is 4. The topological polar surface area (TPSA) is 66.4 Å². The number of halogens is 1. The van der Waals surface area contributed by atoms with Gasteiger partial charge in [-0.1, -0.05) is 23.7 Å². The molecule has 0 N–H and O–H groups in total. The van der Waals surface area contributed by atoms with Crippen LogP contribution in [-0.4, -0.2) is 55.1 Å². The first kappa shape index (κ1) is 18.6. The van der Waals surface area contributed by atoms with E-state index in [1.165, 1.54) is 6.26 Å². The van der Waals surface area contributed by atoms with Crippen molar-refractivity contribution in [3.05, 3.63) is 41.7 Å². The number of aromatic nitrogens is 2. The fourth-order valence-electron chi connectivity index (χ4n) is 3.26. The molecule has 1 aliphatic rings. The molecule has 2 aromatic heterocycles. The van der Waals surface area contributed by atoms with Crippen LogP contribution < -0.4 is 4.90 Å². The predicted octanol–water partition coefficient (Wildman–Crippen LogP) is 3.48. The molecule has 3 aromatic rings. The number of sulfonamides is 1. The molecule has 0 unspecified atom stereocenters. The van der Waals surface area contributed by atoms with Crippen LogP contribution in [0, 0.1) is 0 Å². The Kier molecular flexibility index (Phi) is 5.07. The van der Waals surface area contributed by atoms with Gasteiger partial charge in [-0.25, -0.2) is 22.7 Å². The highest BCUT2D eigenvalue weighted by atomic mass is 35.5. The lowest BCUT2D eigenvalue weighted by atomic mass is 10.2. The molecule has 4 rings (SSSR count). The van der Waals surface area contributed by atoms with E-state index in [1.807, 2.05) is 24.3 Å². The molecule has 6 nitrogen and oxygen atoms in total. The Morgan fingerprint density at radius 2 is 1.85 bits per heavy atom. The lowest BCUT2D eigenvalue weighted by molar-refractivity contribution is 0.437. The van der Waals surface area contributed by atoms with Crippen LogP contribution in [0.15, 0.2) is 36.7 Å². The number of hydrogen-bond donors (Lipinski definition) is 0. The zero-order valence-electron chi connectivity index (χ0n) is 14.8. The normalized spacial score (nSPS) is 16.6. The van der Waals surface area contributed by atoms with Crippen molar-refractivity contribution < 1.29 is 8.42 Å². The van der Waals surface area contributed by atoms with Gasteiger partial charge in [0.2, 0.25) is 10.0 Å². The van der Waals surface area contributed by atoms with E-state index in [-0.39, 0.29) is 0 Å². The lowest BCUT2D eigenvalue weighted by Crippen LogP contribution is -2.34. The van der Waals surface area contributed by atoms with Crippen molar-refractivity contribution in [2.24, 2.45) is 0 Å². The molecule has 0 bridgehead atoms. The van der Waals surface area contributed by atoms with Crippen LogP contribution >= 0.6 is 22.9 Å². The van der Waals surface area contributed by atoms with Gasteiger partial charge in [0.05, 0.1) is 16.5 Å². The van der Waals surface area contributed by atoms with E-state index in [4.69, 9.17) is 11.6 Å². The van der Waals surface area contributed by atoms with Gasteiger partial charge in [-0.2, -0.15) is 0 Å². The van der Waals surface area contributed by atoms with Crippen LogP contribution in [0.25, 0.3) is 20.7 Å². The van der Waals surface area contributed by atoms with Crippen LogP contribution in [-0.2, 0) is 10.0 Å². The van der Waals surface area contributed by atoms with Gasteiger partial charge in [-0.3, -0.25) is 0 Å². The van der Waals surface area contributed by atoms with Crippen molar-refractivity contribution in [2.45, 2.75) is 6.42 Å². The smallest absolute Gasteiger partial charge is 0.211 e. The van der Waals surface area contributed by atoms with Crippen LogP contribution in [0.4, 0.5) is 5.82 Å². The van der Waals surface area contributed by atoms with Crippen molar-refractivity contribution in [1.82, 2.24) is 14.3 Å². The minimum Gasteiger partial charge on any atom is -0.354 e. The number of fused-ring (bicyclic) bond motifs is 1. The van der Waals surface area contributed by atoms with Crippen LogP contribution in [0.5, 0.6) is 0 Å². The molecule has 0 atom stereocenters. The van der Waals surface area contributed by atoms with Gasteiger partial charge in [0, 0.05) is 36.1 Å². The molecule has 9 heteroatoms. The molecule has 0 radical (unpaired) electrons. The highest BCUT2D eigenvalue weighted by Crippen LogP contribution is 2.37. The van der Waals surface area contributed by atoms with E-state index in [0.29, 0.717) is 24.7 Å². The summed E-state index contributed by atoms with van der Waals surface area (Å²) in [7, 11) is -3.17. The average Bonchev–Trinajstić information content (AvgIpc) is 2.90. The monoisotopic (exact) mass is 422 g/mol. The minimum absolute atomic E-state index is 0.472. The SMILES string of the molecule is CS(=O)(=O)N1CCCN(c2ncnc3cc(-c4ccc(Cl)cc4)sc23)CC1. The molecule has 142 valence electrons. The zero-order chi connectivity index (χ0) is 19.0. The maximum Gasteiger partial charge on any atom is 0.211 e. The van der Waals surface area contributed by atoms with E-state index in [2.05, 4.69) is 20.9 Å². The fourth-order valence-corrected chi connectivity index (χ4v) is 5.39. The quantitative estimate of drug-likeness (QED) is 0.646. The Morgan fingerprint density at radius 1 is 1.07 bits per heavy atom. The molecular weight excluding hydrogens is 404 g/mol. The summed E-state index contributed by atoms with van der Waals surface area (Å²) >= 11 is 7.64. The van der Waals surface area contributed by atoms with Gasteiger partial charge in [0.25, 0.3) is 0 Å². The summed E-state index contributed by atoms with van der Waals surface area (Å²) < 4.78 is 26.3. The Hall–Kier alpha value is -1.74. The number of rotatable bonds is 3. The second-order valence-corrected chi connectivity index (χ2v) is 10.0. The second-order valence-electron chi connectivity index (χ2n) is 6.53. The molecule has 0 aliphatic carbocycles. The Bertz CT molecular complexity index is 1070. The van der Waals surface area contributed by atoms with E-state index in [0.717, 1.165) is 39.4 Å². The standard InChI is InChI=1S/C18H19ClN4O2S2/c1-27(24,25)23-8-2-7-22(9-10-23)18-17-15(20-12-21-18)11-16(26-17)13-3-5-14(19)6-4-13/h3-6,11-12H,2,7-10H2,1H3. The number of thiophene rings is 1. The third kappa shape index (κ3) is 3.94. The van der Waals surface area contributed by atoms with E-state index >= 15 is 0 Å². The summed E-state index contributed by atoms with van der Waals surface area (Å²) in [6, 6.07) is 9.81. The minimum atomic E-state index is -3.17. The summed E-state index contributed by atoms with van der Waals surface area (Å²) in [5.41, 5.74) is 1.99. The highest BCUT2D eigenvalue weighted by Gasteiger charge is 2.23. The van der Waals surface area contributed by atoms with Crippen molar-refractivity contribution in [3.63, 3.8) is 0 Å². The molecular formula is C18H19ClN4O2S2. The first-order valence-electron chi connectivity index (χ1n) is 8.62. The second kappa shape index (κ2) is 7.35. The number of benzene rings is 1. The highest BCUT2D eigenvalue weighted by molar-refractivity contribution is 7.88.